The average molecular weight is 306 g/mol. The van der Waals surface area contributed by atoms with Crippen LogP contribution in [-0.4, -0.2) is 23.2 Å². The van der Waals surface area contributed by atoms with Crippen LogP contribution in [0, 0.1) is 0 Å². The Labute approximate surface area is 134 Å². The van der Waals surface area contributed by atoms with E-state index in [1.165, 1.54) is 25.7 Å². The molecule has 0 saturated carbocycles. The van der Waals surface area contributed by atoms with Crippen molar-refractivity contribution in [3.63, 3.8) is 0 Å². The Hall–Kier alpha value is -1.71. The lowest BCUT2D eigenvalue weighted by molar-refractivity contribution is 0.233. The molecule has 0 aromatic heterocycles. The molecule has 0 aliphatic heterocycles. The number of nitrogens with one attached hydrogen (secondary N) is 2. The van der Waals surface area contributed by atoms with Crippen molar-refractivity contribution in [2.75, 3.05) is 0 Å². The topological polar surface area (TPSA) is 61.4 Å². The highest BCUT2D eigenvalue weighted by atomic mass is 16.3. The molecular formula is C18H30N2O2. The third-order valence-corrected chi connectivity index (χ3v) is 3.72. The van der Waals surface area contributed by atoms with Gasteiger partial charge in [-0.3, -0.25) is 0 Å². The quantitative estimate of drug-likeness (QED) is 0.604. The Bertz CT molecular complexity index is 431. The zero-order valence-corrected chi connectivity index (χ0v) is 14.1. The number of rotatable bonds is 9. The molecule has 1 aromatic carbocycles. The molecule has 22 heavy (non-hydrogen) atoms. The summed E-state index contributed by atoms with van der Waals surface area (Å²) in [6, 6.07) is 7.24. The highest BCUT2D eigenvalue weighted by Crippen LogP contribution is 2.11. The average Bonchev–Trinajstić information content (AvgIpc) is 2.46. The third kappa shape index (κ3) is 7.91. The fourth-order valence-corrected chi connectivity index (χ4v) is 2.48. The molecule has 0 radical (unpaired) electrons. The number of unbranched alkanes of at least 4 members (excludes halogenated alkanes) is 3. The number of carbonyl (C=O) groups is 1. The Morgan fingerprint density at radius 2 is 1.68 bits per heavy atom. The smallest absolute Gasteiger partial charge is 0.315 e. The Kier molecular flexibility index (Phi) is 8.41. The van der Waals surface area contributed by atoms with Crippen molar-refractivity contribution in [2.24, 2.45) is 0 Å². The van der Waals surface area contributed by atoms with Crippen LogP contribution in [0.25, 0.3) is 0 Å². The Morgan fingerprint density at radius 3 is 2.32 bits per heavy atom. The number of hydrogen-bond acceptors (Lipinski definition) is 2. The first kappa shape index (κ1) is 18.3. The van der Waals surface area contributed by atoms with Gasteiger partial charge in [0.2, 0.25) is 0 Å². The van der Waals surface area contributed by atoms with Crippen LogP contribution in [-0.2, 0) is 6.42 Å². The minimum atomic E-state index is -0.103. The predicted molar refractivity (Wildman–Crippen MR) is 91.2 cm³/mol. The van der Waals surface area contributed by atoms with Crippen molar-refractivity contribution in [3.05, 3.63) is 29.8 Å². The molecule has 0 aliphatic carbocycles. The lowest BCUT2D eigenvalue weighted by Crippen LogP contribution is -2.45. The lowest BCUT2D eigenvalue weighted by Gasteiger charge is -2.18. The minimum Gasteiger partial charge on any atom is -0.508 e. The predicted octanol–water partition coefficient (Wildman–Crippen LogP) is 3.98. The van der Waals surface area contributed by atoms with Crippen LogP contribution in [0.1, 0.15) is 58.4 Å². The molecule has 2 atom stereocenters. The maximum Gasteiger partial charge on any atom is 0.315 e. The summed E-state index contributed by atoms with van der Waals surface area (Å²) in [6.45, 7) is 6.24. The second-order valence-electron chi connectivity index (χ2n) is 6.14. The summed E-state index contributed by atoms with van der Waals surface area (Å²) in [6.07, 6.45) is 6.68. The first-order valence-electron chi connectivity index (χ1n) is 8.36. The molecule has 0 saturated heterocycles. The zero-order valence-electron chi connectivity index (χ0n) is 14.1. The number of phenols is 1. The molecule has 124 valence electrons. The Morgan fingerprint density at radius 1 is 1.05 bits per heavy atom. The van der Waals surface area contributed by atoms with Crippen LogP contribution in [0.3, 0.4) is 0 Å². The van der Waals surface area contributed by atoms with Gasteiger partial charge in [0.15, 0.2) is 0 Å². The van der Waals surface area contributed by atoms with Gasteiger partial charge >= 0.3 is 6.03 Å². The van der Waals surface area contributed by atoms with E-state index < -0.39 is 0 Å². The summed E-state index contributed by atoms with van der Waals surface area (Å²) in [5, 5.41) is 15.2. The molecule has 1 rings (SSSR count). The summed E-state index contributed by atoms with van der Waals surface area (Å²) in [4.78, 5) is 11.9. The van der Waals surface area contributed by atoms with Crippen LogP contribution < -0.4 is 10.6 Å². The number of hydrogen-bond donors (Lipinski definition) is 3. The first-order valence-corrected chi connectivity index (χ1v) is 8.36. The molecule has 0 spiro atoms. The number of aromatic hydroxyl groups is 1. The van der Waals surface area contributed by atoms with E-state index in [0.29, 0.717) is 0 Å². The van der Waals surface area contributed by atoms with Gasteiger partial charge in [0.25, 0.3) is 0 Å². The van der Waals surface area contributed by atoms with Crippen LogP contribution in [0.15, 0.2) is 24.3 Å². The standard InChI is InChI=1S/C18H30N2O2/c1-4-5-6-7-8-14(2)19-18(22)20-15(3)13-16-9-11-17(21)12-10-16/h9-12,14-15,21H,4-8,13H2,1-3H3,(H2,19,20,22)/t14-,15+/m0/s1. The van der Waals surface area contributed by atoms with Crippen molar-refractivity contribution in [1.29, 1.82) is 0 Å². The molecule has 0 heterocycles. The van der Waals surface area contributed by atoms with Gasteiger partial charge in [-0.1, -0.05) is 44.7 Å². The van der Waals surface area contributed by atoms with E-state index in [1.54, 1.807) is 12.1 Å². The molecule has 4 nitrogen and oxygen atoms in total. The van der Waals surface area contributed by atoms with Crippen molar-refractivity contribution in [1.82, 2.24) is 10.6 Å². The molecule has 4 heteroatoms. The summed E-state index contributed by atoms with van der Waals surface area (Å²) in [7, 11) is 0. The van der Waals surface area contributed by atoms with Crippen molar-refractivity contribution >= 4 is 6.03 Å². The van der Waals surface area contributed by atoms with Gasteiger partial charge in [-0.05, 0) is 44.4 Å². The fraction of sp³-hybridized carbons (Fsp3) is 0.611. The SMILES string of the molecule is CCCCCC[C@H](C)NC(=O)N[C@H](C)Cc1ccc(O)cc1. The van der Waals surface area contributed by atoms with E-state index in [9.17, 15) is 9.90 Å². The second kappa shape index (κ2) is 10.1. The van der Waals surface area contributed by atoms with Gasteiger partial charge in [0, 0.05) is 12.1 Å². The van der Waals surface area contributed by atoms with Crippen LogP contribution >= 0.6 is 0 Å². The first-order chi connectivity index (χ1) is 10.5. The maximum absolute atomic E-state index is 11.9. The van der Waals surface area contributed by atoms with Crippen LogP contribution in [0.2, 0.25) is 0 Å². The number of benzene rings is 1. The molecular weight excluding hydrogens is 276 g/mol. The van der Waals surface area contributed by atoms with E-state index in [2.05, 4.69) is 24.5 Å². The summed E-state index contributed by atoms with van der Waals surface area (Å²) in [5.41, 5.74) is 1.10. The Balaban J connectivity index is 2.24. The van der Waals surface area contributed by atoms with E-state index in [4.69, 9.17) is 0 Å². The molecule has 3 N–H and O–H groups in total. The third-order valence-electron chi connectivity index (χ3n) is 3.72. The zero-order chi connectivity index (χ0) is 16.4. The summed E-state index contributed by atoms with van der Waals surface area (Å²) >= 11 is 0. The van der Waals surface area contributed by atoms with Crippen LogP contribution in [0.5, 0.6) is 5.75 Å². The van der Waals surface area contributed by atoms with Crippen molar-refractivity contribution in [2.45, 2.75) is 71.4 Å². The highest BCUT2D eigenvalue weighted by molar-refractivity contribution is 5.74. The van der Waals surface area contributed by atoms with E-state index in [-0.39, 0.29) is 23.9 Å². The summed E-state index contributed by atoms with van der Waals surface area (Å²) in [5.74, 6) is 0.263. The lowest BCUT2D eigenvalue weighted by atomic mass is 10.1. The van der Waals surface area contributed by atoms with Gasteiger partial charge in [0.05, 0.1) is 0 Å². The van der Waals surface area contributed by atoms with Crippen LogP contribution in [0.4, 0.5) is 4.79 Å². The van der Waals surface area contributed by atoms with Gasteiger partial charge in [-0.2, -0.15) is 0 Å². The van der Waals surface area contributed by atoms with Crippen molar-refractivity contribution < 1.29 is 9.90 Å². The summed E-state index contributed by atoms with van der Waals surface area (Å²) < 4.78 is 0. The normalized spacial score (nSPS) is 13.4. The van der Waals surface area contributed by atoms with E-state index in [1.807, 2.05) is 19.1 Å². The second-order valence-corrected chi connectivity index (χ2v) is 6.14. The number of carbonyl (C=O) groups excluding carboxylic acids is 1. The van der Waals surface area contributed by atoms with Gasteiger partial charge in [-0.15, -0.1) is 0 Å². The monoisotopic (exact) mass is 306 g/mol. The number of urea groups is 1. The van der Waals surface area contributed by atoms with Gasteiger partial charge < -0.3 is 15.7 Å². The number of amides is 2. The number of phenolic OH excluding ortho intramolecular Hbond substituents is 1. The fourth-order valence-electron chi connectivity index (χ4n) is 2.48. The molecule has 0 fully saturated rings. The molecule has 1 aromatic rings. The molecule has 2 amide bonds. The van der Waals surface area contributed by atoms with Gasteiger partial charge in [-0.25, -0.2) is 4.79 Å². The molecule has 0 bridgehead atoms. The minimum absolute atomic E-state index is 0.0526. The van der Waals surface area contributed by atoms with Crippen molar-refractivity contribution in [3.8, 4) is 5.75 Å². The highest BCUT2D eigenvalue weighted by Gasteiger charge is 2.10. The maximum atomic E-state index is 11.9. The molecule has 0 aliphatic rings. The largest absolute Gasteiger partial charge is 0.508 e. The van der Waals surface area contributed by atoms with Gasteiger partial charge in [0.1, 0.15) is 5.75 Å². The van der Waals surface area contributed by atoms with E-state index >= 15 is 0 Å². The van der Waals surface area contributed by atoms with E-state index in [0.717, 1.165) is 18.4 Å². The molecule has 0 unspecified atom stereocenters.